The van der Waals surface area contributed by atoms with E-state index in [-0.39, 0.29) is 6.04 Å². The fraction of sp³-hybridized carbons (Fsp3) is 0.400. The minimum atomic E-state index is 0.284. The first-order valence-electron chi connectivity index (χ1n) is 6.59. The summed E-state index contributed by atoms with van der Waals surface area (Å²) in [6.07, 6.45) is 1.01. The molecule has 2 aromatic rings. The van der Waals surface area contributed by atoms with Gasteiger partial charge in [-0.05, 0) is 44.5 Å². The molecule has 1 unspecified atom stereocenters. The van der Waals surface area contributed by atoms with Gasteiger partial charge in [0.15, 0.2) is 0 Å². The van der Waals surface area contributed by atoms with E-state index in [1.165, 1.54) is 10.4 Å². The lowest BCUT2D eigenvalue weighted by atomic mass is 10.1. The van der Waals surface area contributed by atoms with E-state index in [0.29, 0.717) is 0 Å². The number of hydrogen-bond acceptors (Lipinski definition) is 4. The smallest absolute Gasteiger partial charge is 0.122 e. The predicted molar refractivity (Wildman–Crippen MR) is 79.3 cm³/mol. The molecule has 0 radical (unpaired) electrons. The molecule has 1 aliphatic heterocycles. The molecule has 1 atom stereocenters. The van der Waals surface area contributed by atoms with E-state index in [9.17, 15) is 0 Å². The van der Waals surface area contributed by atoms with Crippen LogP contribution in [0.25, 0.3) is 0 Å². The number of rotatable bonds is 3. The molecule has 3 rings (SSSR count). The second-order valence-electron chi connectivity index (χ2n) is 4.97. The molecule has 0 amide bonds. The Hall–Kier alpha value is -1.55. The lowest BCUT2D eigenvalue weighted by Gasteiger charge is -2.15. The van der Waals surface area contributed by atoms with Crippen molar-refractivity contribution in [2.45, 2.75) is 33.2 Å². The average Bonchev–Trinajstić information content (AvgIpc) is 2.94. The molecule has 0 saturated carbocycles. The molecule has 0 aliphatic carbocycles. The van der Waals surface area contributed by atoms with Gasteiger partial charge in [-0.15, -0.1) is 11.3 Å². The highest BCUT2D eigenvalue weighted by atomic mass is 32.1. The number of nitrogens with zero attached hydrogens (tertiary/aromatic N) is 1. The average molecular weight is 274 g/mol. The van der Waals surface area contributed by atoms with Crippen molar-refractivity contribution in [2.24, 2.45) is 0 Å². The molecule has 1 aromatic heterocycles. The lowest BCUT2D eigenvalue weighted by Crippen LogP contribution is -2.06. The predicted octanol–water partition coefficient (Wildman–Crippen LogP) is 3.87. The van der Waals surface area contributed by atoms with Gasteiger partial charge in [0.25, 0.3) is 0 Å². The third-order valence-electron chi connectivity index (χ3n) is 3.41. The van der Waals surface area contributed by atoms with E-state index in [0.717, 1.165) is 35.2 Å². The van der Waals surface area contributed by atoms with E-state index in [1.807, 2.05) is 0 Å². The molecule has 1 N–H and O–H groups in total. The van der Waals surface area contributed by atoms with Crippen molar-refractivity contribution < 1.29 is 4.74 Å². The zero-order chi connectivity index (χ0) is 13.4. The van der Waals surface area contributed by atoms with Gasteiger partial charge in [-0.2, -0.15) is 0 Å². The Labute approximate surface area is 117 Å². The molecular weight excluding hydrogens is 256 g/mol. The van der Waals surface area contributed by atoms with Crippen molar-refractivity contribution in [1.82, 2.24) is 4.98 Å². The van der Waals surface area contributed by atoms with Gasteiger partial charge in [-0.1, -0.05) is 0 Å². The molecule has 0 fully saturated rings. The molecule has 1 aliphatic rings. The molecule has 0 saturated heterocycles. The van der Waals surface area contributed by atoms with Gasteiger partial charge in [0.05, 0.1) is 23.4 Å². The number of aryl methyl sites for hydroxylation is 2. The summed E-state index contributed by atoms with van der Waals surface area (Å²) in [6.45, 7) is 7.12. The van der Waals surface area contributed by atoms with Crippen LogP contribution in [-0.4, -0.2) is 11.6 Å². The first-order valence-corrected chi connectivity index (χ1v) is 7.41. The summed E-state index contributed by atoms with van der Waals surface area (Å²) in [4.78, 5) is 5.80. The summed E-state index contributed by atoms with van der Waals surface area (Å²) in [6, 6.07) is 6.63. The van der Waals surface area contributed by atoms with Crippen molar-refractivity contribution in [3.05, 3.63) is 39.3 Å². The highest BCUT2D eigenvalue weighted by Gasteiger charge is 2.15. The molecule has 1 aromatic carbocycles. The Morgan fingerprint density at radius 2 is 2.21 bits per heavy atom. The highest BCUT2D eigenvalue weighted by molar-refractivity contribution is 7.11. The third-order valence-corrected chi connectivity index (χ3v) is 4.66. The number of fused-ring (bicyclic) bond motifs is 1. The maximum Gasteiger partial charge on any atom is 0.122 e. The number of aromatic nitrogens is 1. The van der Waals surface area contributed by atoms with Gasteiger partial charge in [-0.3, -0.25) is 0 Å². The van der Waals surface area contributed by atoms with Gasteiger partial charge in [0.1, 0.15) is 5.75 Å². The van der Waals surface area contributed by atoms with Crippen LogP contribution in [0.5, 0.6) is 5.75 Å². The number of anilines is 1. The zero-order valence-corrected chi connectivity index (χ0v) is 12.3. The minimum Gasteiger partial charge on any atom is -0.493 e. The zero-order valence-electron chi connectivity index (χ0n) is 11.5. The Kier molecular flexibility index (Phi) is 3.19. The van der Waals surface area contributed by atoms with Gasteiger partial charge >= 0.3 is 0 Å². The van der Waals surface area contributed by atoms with Crippen LogP contribution >= 0.6 is 11.3 Å². The van der Waals surface area contributed by atoms with Crippen LogP contribution in [0.15, 0.2) is 18.2 Å². The topological polar surface area (TPSA) is 34.2 Å². The van der Waals surface area contributed by atoms with E-state index in [4.69, 9.17) is 4.74 Å². The van der Waals surface area contributed by atoms with E-state index >= 15 is 0 Å². The highest BCUT2D eigenvalue weighted by Crippen LogP contribution is 2.31. The summed E-state index contributed by atoms with van der Waals surface area (Å²) < 4.78 is 5.53. The normalized spacial score (nSPS) is 14.9. The number of nitrogens with one attached hydrogen (secondary N) is 1. The van der Waals surface area contributed by atoms with Crippen LogP contribution in [0.3, 0.4) is 0 Å². The molecule has 19 heavy (non-hydrogen) atoms. The summed E-state index contributed by atoms with van der Waals surface area (Å²) in [5.74, 6) is 1.03. The molecule has 2 heterocycles. The standard InChI is InChI=1S/C15H18N2OS/c1-9-15(19-11(3)16-9)10(2)17-13-4-5-14-12(8-13)6-7-18-14/h4-5,8,10,17H,6-7H2,1-3H3. The SMILES string of the molecule is Cc1nc(C)c(C(C)Nc2ccc3c(c2)CCO3)s1. The Balaban J connectivity index is 1.79. The van der Waals surface area contributed by atoms with Gasteiger partial charge in [0, 0.05) is 17.0 Å². The first-order chi connectivity index (χ1) is 9.13. The number of hydrogen-bond donors (Lipinski definition) is 1. The van der Waals surface area contributed by atoms with Crippen LogP contribution in [0.1, 0.15) is 34.1 Å². The van der Waals surface area contributed by atoms with Crippen molar-refractivity contribution in [1.29, 1.82) is 0 Å². The first kappa shape index (κ1) is 12.5. The van der Waals surface area contributed by atoms with Crippen molar-refractivity contribution in [3.63, 3.8) is 0 Å². The maximum atomic E-state index is 5.53. The van der Waals surface area contributed by atoms with E-state index in [1.54, 1.807) is 11.3 Å². The molecule has 0 bridgehead atoms. The molecular formula is C15H18N2OS. The van der Waals surface area contributed by atoms with Crippen LogP contribution in [0.2, 0.25) is 0 Å². The molecule has 4 heteroatoms. The van der Waals surface area contributed by atoms with Gasteiger partial charge in [0.2, 0.25) is 0 Å². The second kappa shape index (κ2) is 4.85. The molecule has 3 nitrogen and oxygen atoms in total. The fourth-order valence-electron chi connectivity index (χ4n) is 2.54. The Morgan fingerprint density at radius 1 is 1.37 bits per heavy atom. The summed E-state index contributed by atoms with van der Waals surface area (Å²) in [5.41, 5.74) is 3.59. The third kappa shape index (κ3) is 2.45. The molecule has 0 spiro atoms. The lowest BCUT2D eigenvalue weighted by molar-refractivity contribution is 0.357. The monoisotopic (exact) mass is 274 g/mol. The van der Waals surface area contributed by atoms with Crippen molar-refractivity contribution in [2.75, 3.05) is 11.9 Å². The van der Waals surface area contributed by atoms with Gasteiger partial charge < -0.3 is 10.1 Å². The van der Waals surface area contributed by atoms with Crippen molar-refractivity contribution >= 4 is 17.0 Å². The number of thiazole rings is 1. The summed E-state index contributed by atoms with van der Waals surface area (Å²) in [5, 5.41) is 4.69. The largest absolute Gasteiger partial charge is 0.493 e. The van der Waals surface area contributed by atoms with Gasteiger partial charge in [-0.25, -0.2) is 4.98 Å². The van der Waals surface area contributed by atoms with Crippen LogP contribution < -0.4 is 10.1 Å². The van der Waals surface area contributed by atoms with Crippen LogP contribution in [-0.2, 0) is 6.42 Å². The second-order valence-corrected chi connectivity index (χ2v) is 6.20. The maximum absolute atomic E-state index is 5.53. The van der Waals surface area contributed by atoms with Crippen LogP contribution in [0, 0.1) is 13.8 Å². The minimum absolute atomic E-state index is 0.284. The summed E-state index contributed by atoms with van der Waals surface area (Å²) >= 11 is 1.77. The van der Waals surface area contributed by atoms with Crippen LogP contribution in [0.4, 0.5) is 5.69 Å². The summed E-state index contributed by atoms with van der Waals surface area (Å²) in [7, 11) is 0. The van der Waals surface area contributed by atoms with E-state index in [2.05, 4.69) is 49.3 Å². The number of benzene rings is 1. The number of ether oxygens (including phenoxy) is 1. The quantitative estimate of drug-likeness (QED) is 0.922. The Bertz CT molecular complexity index is 606. The van der Waals surface area contributed by atoms with Crippen molar-refractivity contribution in [3.8, 4) is 5.75 Å². The molecule has 100 valence electrons. The fourth-order valence-corrected chi connectivity index (χ4v) is 3.47. The Morgan fingerprint density at radius 3 is 2.95 bits per heavy atom. The van der Waals surface area contributed by atoms with E-state index < -0.39 is 0 Å².